The number of nitrogens with two attached hydrogens (primary N) is 1. The predicted octanol–water partition coefficient (Wildman–Crippen LogP) is 0.0863. The number of piperazine rings is 1. The molecule has 0 amide bonds. The van der Waals surface area contributed by atoms with Crippen molar-refractivity contribution in [3.8, 4) is 6.01 Å². The zero-order valence-corrected chi connectivity index (χ0v) is 12.3. The number of nitrogens with zero attached hydrogens (tertiary/aromatic N) is 5. The molecule has 1 aromatic rings. The van der Waals surface area contributed by atoms with Gasteiger partial charge in [0.15, 0.2) is 0 Å². The molecule has 1 aliphatic rings. The van der Waals surface area contributed by atoms with Crippen LogP contribution in [-0.2, 0) is 0 Å². The highest BCUT2D eigenvalue weighted by Crippen LogP contribution is 2.18. The number of hydrazine groups is 1. The summed E-state index contributed by atoms with van der Waals surface area (Å²) in [6, 6.07) is 0.770. The Morgan fingerprint density at radius 3 is 2.70 bits per heavy atom. The molecule has 3 N–H and O–H groups in total. The predicted molar refractivity (Wildman–Crippen MR) is 77.7 cm³/mol. The number of hydrogen-bond donors (Lipinski definition) is 2. The summed E-state index contributed by atoms with van der Waals surface area (Å²) in [5.41, 5.74) is 2.46. The highest BCUT2D eigenvalue weighted by Gasteiger charge is 2.24. The zero-order chi connectivity index (χ0) is 14.5. The Hall–Kier alpha value is -1.67. The second-order valence-electron chi connectivity index (χ2n) is 4.74. The highest BCUT2D eigenvalue weighted by molar-refractivity contribution is 5.38. The van der Waals surface area contributed by atoms with Crippen LogP contribution < -0.4 is 20.9 Å². The number of ether oxygens (including phenoxy) is 1. The zero-order valence-electron chi connectivity index (χ0n) is 12.3. The SMILES string of the molecule is CCOc1nc(NN)nc(N2CCN(CC)C(C)C2)n1. The third kappa shape index (κ3) is 3.26. The molecule has 0 bridgehead atoms. The van der Waals surface area contributed by atoms with Crippen molar-refractivity contribution >= 4 is 11.9 Å². The lowest BCUT2D eigenvalue weighted by Gasteiger charge is -2.39. The molecular formula is C12H23N7O. The molecule has 1 aromatic heterocycles. The molecule has 1 atom stereocenters. The Morgan fingerprint density at radius 2 is 2.10 bits per heavy atom. The van der Waals surface area contributed by atoms with Crippen molar-refractivity contribution in [1.82, 2.24) is 19.9 Å². The number of aromatic nitrogens is 3. The quantitative estimate of drug-likeness (QED) is 0.579. The van der Waals surface area contributed by atoms with E-state index in [1.807, 2.05) is 6.92 Å². The minimum Gasteiger partial charge on any atom is -0.464 e. The van der Waals surface area contributed by atoms with Crippen LogP contribution in [0.1, 0.15) is 20.8 Å². The minimum atomic E-state index is 0.302. The van der Waals surface area contributed by atoms with Crippen molar-refractivity contribution in [3.63, 3.8) is 0 Å². The molecule has 0 spiro atoms. The van der Waals surface area contributed by atoms with E-state index in [1.54, 1.807) is 0 Å². The van der Waals surface area contributed by atoms with Gasteiger partial charge in [-0.05, 0) is 20.4 Å². The molecule has 0 saturated carbocycles. The molecule has 1 fully saturated rings. The summed E-state index contributed by atoms with van der Waals surface area (Å²) in [6.07, 6.45) is 0. The van der Waals surface area contributed by atoms with Crippen LogP contribution in [0.25, 0.3) is 0 Å². The summed E-state index contributed by atoms with van der Waals surface area (Å²) in [6.45, 7) is 10.6. The Bertz CT molecular complexity index is 442. The summed E-state index contributed by atoms with van der Waals surface area (Å²) in [7, 11) is 0. The van der Waals surface area contributed by atoms with Gasteiger partial charge in [0, 0.05) is 25.7 Å². The van der Waals surface area contributed by atoms with E-state index >= 15 is 0 Å². The van der Waals surface area contributed by atoms with Gasteiger partial charge in [-0.2, -0.15) is 15.0 Å². The standard InChI is InChI=1S/C12H23N7O/c1-4-18-6-7-19(8-9(18)3)11-14-10(17-13)15-12(16-11)20-5-2/h9H,4-8,13H2,1-3H3,(H,14,15,16,17). The van der Waals surface area contributed by atoms with E-state index in [2.05, 4.69) is 44.0 Å². The Labute approximate surface area is 119 Å². The largest absolute Gasteiger partial charge is 0.464 e. The molecule has 8 heteroatoms. The lowest BCUT2D eigenvalue weighted by atomic mass is 10.2. The van der Waals surface area contributed by atoms with Crippen molar-refractivity contribution in [1.29, 1.82) is 0 Å². The summed E-state index contributed by atoms with van der Waals surface area (Å²) < 4.78 is 5.35. The Morgan fingerprint density at radius 1 is 1.30 bits per heavy atom. The number of anilines is 2. The molecule has 0 aliphatic carbocycles. The van der Waals surface area contributed by atoms with Gasteiger partial charge in [-0.25, -0.2) is 5.84 Å². The average molecular weight is 281 g/mol. The first kappa shape index (κ1) is 14.7. The first-order valence-corrected chi connectivity index (χ1v) is 7.02. The fourth-order valence-electron chi connectivity index (χ4n) is 2.39. The summed E-state index contributed by atoms with van der Waals surface area (Å²) in [5, 5.41) is 0. The number of likely N-dealkylation sites (N-methyl/N-ethyl adjacent to an activating group) is 1. The number of hydrogen-bond acceptors (Lipinski definition) is 8. The monoisotopic (exact) mass is 281 g/mol. The van der Waals surface area contributed by atoms with Crippen molar-refractivity contribution in [2.24, 2.45) is 5.84 Å². The molecule has 8 nitrogen and oxygen atoms in total. The lowest BCUT2D eigenvalue weighted by molar-refractivity contribution is 0.198. The van der Waals surface area contributed by atoms with Crippen LogP contribution in [0.5, 0.6) is 6.01 Å². The van der Waals surface area contributed by atoms with E-state index < -0.39 is 0 Å². The van der Waals surface area contributed by atoms with Gasteiger partial charge in [0.25, 0.3) is 0 Å². The van der Waals surface area contributed by atoms with Crippen molar-refractivity contribution in [2.45, 2.75) is 26.8 Å². The molecule has 1 unspecified atom stereocenters. The van der Waals surface area contributed by atoms with E-state index in [-0.39, 0.29) is 0 Å². The van der Waals surface area contributed by atoms with Crippen LogP contribution >= 0.6 is 0 Å². The van der Waals surface area contributed by atoms with Gasteiger partial charge in [-0.15, -0.1) is 0 Å². The maximum Gasteiger partial charge on any atom is 0.323 e. The maximum absolute atomic E-state index is 5.40. The maximum atomic E-state index is 5.40. The smallest absolute Gasteiger partial charge is 0.323 e. The normalized spacial score (nSPS) is 20.0. The van der Waals surface area contributed by atoms with Crippen LogP contribution in [0.2, 0.25) is 0 Å². The first-order chi connectivity index (χ1) is 9.67. The van der Waals surface area contributed by atoms with E-state index in [0.29, 0.717) is 30.6 Å². The number of nitrogens with one attached hydrogen (secondary N) is 1. The molecular weight excluding hydrogens is 258 g/mol. The van der Waals surface area contributed by atoms with Crippen molar-refractivity contribution in [3.05, 3.63) is 0 Å². The van der Waals surface area contributed by atoms with Crippen molar-refractivity contribution < 1.29 is 4.74 Å². The van der Waals surface area contributed by atoms with Gasteiger partial charge < -0.3 is 9.64 Å². The van der Waals surface area contributed by atoms with Crippen LogP contribution in [0.4, 0.5) is 11.9 Å². The molecule has 2 heterocycles. The Balaban J connectivity index is 2.17. The van der Waals surface area contributed by atoms with E-state index in [4.69, 9.17) is 10.6 Å². The van der Waals surface area contributed by atoms with Crippen LogP contribution in [0.15, 0.2) is 0 Å². The molecule has 0 radical (unpaired) electrons. The Kier molecular flexibility index (Phi) is 4.91. The fraction of sp³-hybridized carbons (Fsp3) is 0.750. The minimum absolute atomic E-state index is 0.302. The van der Waals surface area contributed by atoms with Crippen molar-refractivity contribution in [2.75, 3.05) is 43.1 Å². The third-order valence-corrected chi connectivity index (χ3v) is 3.46. The second kappa shape index (κ2) is 6.67. The van der Waals surface area contributed by atoms with Gasteiger partial charge in [0.05, 0.1) is 6.61 Å². The highest BCUT2D eigenvalue weighted by atomic mass is 16.5. The van der Waals surface area contributed by atoms with Gasteiger partial charge in [-0.1, -0.05) is 6.92 Å². The van der Waals surface area contributed by atoms with Crippen LogP contribution in [0.3, 0.4) is 0 Å². The van der Waals surface area contributed by atoms with Crippen LogP contribution in [-0.4, -0.2) is 58.7 Å². The second-order valence-corrected chi connectivity index (χ2v) is 4.74. The third-order valence-electron chi connectivity index (χ3n) is 3.46. The molecule has 0 aromatic carbocycles. The van der Waals surface area contributed by atoms with Gasteiger partial charge in [-0.3, -0.25) is 10.3 Å². The van der Waals surface area contributed by atoms with Crippen LogP contribution in [0, 0.1) is 0 Å². The lowest BCUT2D eigenvalue weighted by Crippen LogP contribution is -2.52. The number of rotatable bonds is 5. The molecule has 1 aliphatic heterocycles. The van der Waals surface area contributed by atoms with Gasteiger partial charge in [0.1, 0.15) is 0 Å². The molecule has 112 valence electrons. The van der Waals surface area contributed by atoms with E-state index in [0.717, 1.165) is 26.2 Å². The van der Waals surface area contributed by atoms with Gasteiger partial charge in [0.2, 0.25) is 11.9 Å². The summed E-state index contributed by atoms with van der Waals surface area (Å²) >= 11 is 0. The molecule has 20 heavy (non-hydrogen) atoms. The summed E-state index contributed by atoms with van der Waals surface area (Å²) in [5.74, 6) is 6.33. The number of nitrogen functional groups attached to an aromatic ring is 1. The fourth-order valence-corrected chi connectivity index (χ4v) is 2.39. The molecule has 1 saturated heterocycles. The summed E-state index contributed by atoms with van der Waals surface area (Å²) in [4.78, 5) is 17.3. The van der Waals surface area contributed by atoms with E-state index in [1.165, 1.54) is 0 Å². The van der Waals surface area contributed by atoms with E-state index in [9.17, 15) is 0 Å². The van der Waals surface area contributed by atoms with Gasteiger partial charge >= 0.3 is 6.01 Å². The first-order valence-electron chi connectivity index (χ1n) is 7.02. The molecule has 2 rings (SSSR count). The average Bonchev–Trinajstić information content (AvgIpc) is 2.47. The topological polar surface area (TPSA) is 92.4 Å².